The lowest BCUT2D eigenvalue weighted by Crippen LogP contribution is -2.42. The summed E-state index contributed by atoms with van der Waals surface area (Å²) in [5, 5.41) is 6.43. The number of amides is 1. The number of rotatable bonds is 3. The van der Waals surface area contributed by atoms with Gasteiger partial charge in [-0.1, -0.05) is 0 Å². The fourth-order valence-corrected chi connectivity index (χ4v) is 3.50. The van der Waals surface area contributed by atoms with Crippen molar-refractivity contribution in [2.45, 2.75) is 30.9 Å². The van der Waals surface area contributed by atoms with Gasteiger partial charge in [0.25, 0.3) is 0 Å². The van der Waals surface area contributed by atoms with Gasteiger partial charge >= 0.3 is 0 Å². The van der Waals surface area contributed by atoms with Crippen molar-refractivity contribution in [1.82, 2.24) is 10.6 Å². The van der Waals surface area contributed by atoms with Crippen LogP contribution in [0.2, 0.25) is 0 Å². The standard InChI is InChI=1S/C11H20N2OS/c1-11(4-2-6-15-11)10(14)13-8-9-3-5-12-7-9/h9,12H,2-8H2,1H3,(H,13,14). The van der Waals surface area contributed by atoms with E-state index in [4.69, 9.17) is 0 Å². The molecule has 0 bridgehead atoms. The summed E-state index contributed by atoms with van der Waals surface area (Å²) >= 11 is 1.81. The van der Waals surface area contributed by atoms with E-state index in [9.17, 15) is 4.79 Å². The zero-order chi connectivity index (χ0) is 10.7. The van der Waals surface area contributed by atoms with Gasteiger partial charge in [-0.3, -0.25) is 4.79 Å². The van der Waals surface area contributed by atoms with Crippen molar-refractivity contribution in [2.24, 2.45) is 5.92 Å². The highest BCUT2D eigenvalue weighted by Crippen LogP contribution is 2.37. The minimum absolute atomic E-state index is 0.147. The Hall–Kier alpha value is -0.220. The minimum atomic E-state index is -0.147. The van der Waals surface area contributed by atoms with Crippen LogP contribution in [0.1, 0.15) is 26.2 Å². The summed E-state index contributed by atoms with van der Waals surface area (Å²) in [6, 6.07) is 0. The first-order valence-corrected chi connectivity index (χ1v) is 6.82. The first kappa shape index (κ1) is 11.3. The average molecular weight is 228 g/mol. The molecule has 0 radical (unpaired) electrons. The molecule has 0 aromatic carbocycles. The van der Waals surface area contributed by atoms with E-state index in [1.54, 1.807) is 0 Å². The van der Waals surface area contributed by atoms with Crippen LogP contribution in [0, 0.1) is 5.92 Å². The lowest BCUT2D eigenvalue weighted by molar-refractivity contribution is -0.123. The number of carbonyl (C=O) groups excluding carboxylic acids is 1. The minimum Gasteiger partial charge on any atom is -0.355 e. The van der Waals surface area contributed by atoms with E-state index in [-0.39, 0.29) is 10.7 Å². The fourth-order valence-electron chi connectivity index (χ4n) is 2.27. The summed E-state index contributed by atoms with van der Waals surface area (Å²) in [7, 11) is 0. The van der Waals surface area contributed by atoms with E-state index in [1.165, 1.54) is 12.8 Å². The van der Waals surface area contributed by atoms with Gasteiger partial charge in [0, 0.05) is 6.54 Å². The Morgan fingerprint density at radius 2 is 2.53 bits per heavy atom. The summed E-state index contributed by atoms with van der Waals surface area (Å²) < 4.78 is -0.147. The largest absolute Gasteiger partial charge is 0.355 e. The summed E-state index contributed by atoms with van der Waals surface area (Å²) in [6.07, 6.45) is 3.41. The molecule has 0 aromatic heterocycles. The van der Waals surface area contributed by atoms with E-state index in [2.05, 4.69) is 17.6 Å². The Morgan fingerprint density at radius 1 is 1.67 bits per heavy atom. The maximum absolute atomic E-state index is 12.0. The first-order valence-electron chi connectivity index (χ1n) is 5.84. The van der Waals surface area contributed by atoms with Gasteiger partial charge in [0.05, 0.1) is 4.75 Å². The molecule has 0 saturated carbocycles. The molecule has 2 unspecified atom stereocenters. The van der Waals surface area contributed by atoms with E-state index < -0.39 is 0 Å². The van der Waals surface area contributed by atoms with Crippen LogP contribution in [0.5, 0.6) is 0 Å². The molecule has 0 aliphatic carbocycles. The van der Waals surface area contributed by atoms with Crippen LogP contribution >= 0.6 is 11.8 Å². The maximum Gasteiger partial charge on any atom is 0.235 e. The van der Waals surface area contributed by atoms with Gasteiger partial charge in [-0.2, -0.15) is 0 Å². The van der Waals surface area contributed by atoms with Crippen molar-refractivity contribution in [1.29, 1.82) is 0 Å². The molecule has 2 N–H and O–H groups in total. The van der Waals surface area contributed by atoms with Gasteiger partial charge in [-0.15, -0.1) is 11.8 Å². The fraction of sp³-hybridized carbons (Fsp3) is 0.909. The summed E-state index contributed by atoms with van der Waals surface area (Å²) in [5.41, 5.74) is 0. The molecule has 86 valence electrons. The average Bonchev–Trinajstić information content (AvgIpc) is 2.85. The number of hydrogen-bond donors (Lipinski definition) is 2. The second-order valence-electron chi connectivity index (χ2n) is 4.75. The molecular weight excluding hydrogens is 208 g/mol. The molecule has 2 atom stereocenters. The van der Waals surface area contributed by atoms with Gasteiger partial charge in [0.1, 0.15) is 0 Å². The highest BCUT2D eigenvalue weighted by molar-refractivity contribution is 8.01. The smallest absolute Gasteiger partial charge is 0.235 e. The van der Waals surface area contributed by atoms with Gasteiger partial charge < -0.3 is 10.6 Å². The van der Waals surface area contributed by atoms with Crippen LogP contribution < -0.4 is 10.6 Å². The Kier molecular flexibility index (Phi) is 3.57. The normalized spacial score (nSPS) is 35.7. The third-order valence-corrected chi connectivity index (χ3v) is 4.93. The van der Waals surface area contributed by atoms with E-state index in [0.717, 1.165) is 31.8 Å². The molecule has 0 spiro atoms. The predicted octanol–water partition coefficient (Wildman–Crippen LogP) is 0.998. The first-order chi connectivity index (χ1) is 7.21. The zero-order valence-corrected chi connectivity index (χ0v) is 10.2. The molecule has 2 aliphatic rings. The Morgan fingerprint density at radius 3 is 3.13 bits per heavy atom. The molecular formula is C11H20N2OS. The van der Waals surface area contributed by atoms with Crippen LogP contribution in [0.15, 0.2) is 0 Å². The molecule has 2 fully saturated rings. The van der Waals surface area contributed by atoms with E-state index in [1.807, 2.05) is 11.8 Å². The van der Waals surface area contributed by atoms with Gasteiger partial charge in [0.15, 0.2) is 0 Å². The highest BCUT2D eigenvalue weighted by Gasteiger charge is 2.37. The lowest BCUT2D eigenvalue weighted by atomic mass is 10.0. The molecule has 0 aromatic rings. The van der Waals surface area contributed by atoms with Crippen LogP contribution in [-0.4, -0.2) is 36.0 Å². The van der Waals surface area contributed by atoms with Crippen LogP contribution in [-0.2, 0) is 4.79 Å². The predicted molar refractivity (Wildman–Crippen MR) is 64.1 cm³/mol. The quantitative estimate of drug-likeness (QED) is 0.757. The molecule has 2 rings (SSSR count). The monoisotopic (exact) mass is 228 g/mol. The second-order valence-corrected chi connectivity index (χ2v) is 6.35. The topological polar surface area (TPSA) is 41.1 Å². The van der Waals surface area contributed by atoms with Crippen molar-refractivity contribution in [3.05, 3.63) is 0 Å². The van der Waals surface area contributed by atoms with Crippen molar-refractivity contribution >= 4 is 17.7 Å². The van der Waals surface area contributed by atoms with Crippen LogP contribution in [0.3, 0.4) is 0 Å². The molecule has 3 nitrogen and oxygen atoms in total. The van der Waals surface area contributed by atoms with Crippen molar-refractivity contribution < 1.29 is 4.79 Å². The Balaban J connectivity index is 1.76. The highest BCUT2D eigenvalue weighted by atomic mass is 32.2. The molecule has 2 heterocycles. The van der Waals surface area contributed by atoms with Crippen LogP contribution in [0.4, 0.5) is 0 Å². The van der Waals surface area contributed by atoms with Crippen LogP contribution in [0.25, 0.3) is 0 Å². The molecule has 2 saturated heterocycles. The number of nitrogens with one attached hydrogen (secondary N) is 2. The molecule has 15 heavy (non-hydrogen) atoms. The van der Waals surface area contributed by atoms with Crippen molar-refractivity contribution in [2.75, 3.05) is 25.4 Å². The molecule has 2 aliphatic heterocycles. The number of carbonyl (C=O) groups is 1. The van der Waals surface area contributed by atoms with Crippen molar-refractivity contribution in [3.8, 4) is 0 Å². The van der Waals surface area contributed by atoms with Gasteiger partial charge in [-0.05, 0) is 50.9 Å². The number of hydrogen-bond acceptors (Lipinski definition) is 3. The second kappa shape index (κ2) is 4.74. The Labute approximate surface area is 95.8 Å². The molecule has 1 amide bonds. The molecule has 4 heteroatoms. The maximum atomic E-state index is 12.0. The van der Waals surface area contributed by atoms with Gasteiger partial charge in [0.2, 0.25) is 5.91 Å². The summed E-state index contributed by atoms with van der Waals surface area (Å²) in [6.45, 7) is 5.09. The van der Waals surface area contributed by atoms with E-state index in [0.29, 0.717) is 5.92 Å². The van der Waals surface area contributed by atoms with Gasteiger partial charge in [-0.25, -0.2) is 0 Å². The lowest BCUT2D eigenvalue weighted by Gasteiger charge is -2.22. The summed E-state index contributed by atoms with van der Waals surface area (Å²) in [4.78, 5) is 12.0. The zero-order valence-electron chi connectivity index (χ0n) is 9.34. The van der Waals surface area contributed by atoms with Crippen molar-refractivity contribution in [3.63, 3.8) is 0 Å². The number of thioether (sulfide) groups is 1. The Bertz CT molecular complexity index is 233. The summed E-state index contributed by atoms with van der Waals surface area (Å²) in [5.74, 6) is 2.02. The SMILES string of the molecule is CC1(C(=O)NCC2CCNC2)CCCS1. The van der Waals surface area contributed by atoms with E-state index >= 15 is 0 Å². The third-order valence-electron chi connectivity index (χ3n) is 3.41. The third kappa shape index (κ3) is 2.67.